The third-order valence-electron chi connectivity index (χ3n) is 3.99. The zero-order valence-electron chi connectivity index (χ0n) is 15.2. The van der Waals surface area contributed by atoms with Gasteiger partial charge in [-0.1, -0.05) is 37.1 Å². The molecule has 0 amide bonds. The van der Waals surface area contributed by atoms with Crippen molar-refractivity contribution in [2.45, 2.75) is 66.7 Å². The highest BCUT2D eigenvalue weighted by Gasteiger charge is 2.11. The minimum atomic E-state index is -0.693. The predicted octanol–water partition coefficient (Wildman–Crippen LogP) is 4.89. The highest BCUT2D eigenvalue weighted by molar-refractivity contribution is 5.67. The summed E-state index contributed by atoms with van der Waals surface area (Å²) >= 11 is 0. The van der Waals surface area contributed by atoms with Gasteiger partial charge in [-0.3, -0.25) is 4.79 Å². The van der Waals surface area contributed by atoms with Crippen molar-refractivity contribution < 1.29 is 9.90 Å². The van der Waals surface area contributed by atoms with Crippen molar-refractivity contribution in [3.8, 4) is 0 Å². The summed E-state index contributed by atoms with van der Waals surface area (Å²) in [7, 11) is 0. The number of carbonyl (C=O) groups is 1. The van der Waals surface area contributed by atoms with Gasteiger partial charge in [-0.15, -0.1) is 0 Å². The molecule has 0 aromatic heterocycles. The lowest BCUT2D eigenvalue weighted by molar-refractivity contribution is -0.137. The first-order valence-electron chi connectivity index (χ1n) is 8.63. The Morgan fingerprint density at radius 2 is 1.82 bits per heavy atom. The molecule has 0 rings (SSSR count). The van der Waals surface area contributed by atoms with Crippen molar-refractivity contribution in [3.63, 3.8) is 0 Å². The molecular formula is C19H35NO2. The second-order valence-electron chi connectivity index (χ2n) is 6.36. The normalized spacial score (nSPS) is 13.3. The SMILES string of the molecule is CCN(CC)CCCC(C=C(C)CCC=C(C)C)CC(=O)O. The van der Waals surface area contributed by atoms with Gasteiger partial charge in [0, 0.05) is 0 Å². The van der Waals surface area contributed by atoms with E-state index in [1.54, 1.807) is 0 Å². The molecule has 0 heterocycles. The summed E-state index contributed by atoms with van der Waals surface area (Å²) in [6.45, 7) is 13.9. The summed E-state index contributed by atoms with van der Waals surface area (Å²) in [5.74, 6) is -0.527. The van der Waals surface area contributed by atoms with Crippen LogP contribution in [0.5, 0.6) is 0 Å². The molecule has 128 valence electrons. The maximum absolute atomic E-state index is 11.1. The molecule has 0 aromatic rings. The molecule has 0 spiro atoms. The van der Waals surface area contributed by atoms with E-state index in [4.69, 9.17) is 5.11 Å². The second kappa shape index (κ2) is 12.5. The summed E-state index contributed by atoms with van der Waals surface area (Å²) in [5.41, 5.74) is 2.65. The fraction of sp³-hybridized carbons (Fsp3) is 0.737. The number of carboxylic acids is 1. The maximum atomic E-state index is 11.1. The summed E-state index contributed by atoms with van der Waals surface area (Å²) < 4.78 is 0. The van der Waals surface area contributed by atoms with Crippen LogP contribution >= 0.6 is 0 Å². The van der Waals surface area contributed by atoms with Crippen LogP contribution in [0, 0.1) is 5.92 Å². The molecule has 0 radical (unpaired) electrons. The van der Waals surface area contributed by atoms with Gasteiger partial charge < -0.3 is 10.0 Å². The third kappa shape index (κ3) is 11.6. The zero-order valence-corrected chi connectivity index (χ0v) is 15.2. The summed E-state index contributed by atoms with van der Waals surface area (Å²) in [6.07, 6.45) is 8.78. The first-order valence-corrected chi connectivity index (χ1v) is 8.63. The first kappa shape index (κ1) is 20.9. The average molecular weight is 309 g/mol. The summed E-state index contributed by atoms with van der Waals surface area (Å²) in [4.78, 5) is 13.4. The number of carboxylic acid groups (broad SMARTS) is 1. The molecule has 0 saturated heterocycles. The minimum absolute atomic E-state index is 0.166. The number of hydrogen-bond acceptors (Lipinski definition) is 2. The Bertz CT molecular complexity index is 364. The Kier molecular flexibility index (Phi) is 11.8. The van der Waals surface area contributed by atoms with Crippen molar-refractivity contribution in [2.24, 2.45) is 5.92 Å². The number of nitrogens with zero attached hydrogens (tertiary/aromatic N) is 1. The van der Waals surface area contributed by atoms with Gasteiger partial charge in [0.1, 0.15) is 0 Å². The third-order valence-corrected chi connectivity index (χ3v) is 3.99. The Hall–Kier alpha value is -1.09. The second-order valence-corrected chi connectivity index (χ2v) is 6.36. The molecule has 0 fully saturated rings. The molecule has 1 N–H and O–H groups in total. The quantitative estimate of drug-likeness (QED) is 0.522. The smallest absolute Gasteiger partial charge is 0.303 e. The molecule has 0 aliphatic heterocycles. The van der Waals surface area contributed by atoms with Gasteiger partial charge in [0.2, 0.25) is 0 Å². The van der Waals surface area contributed by atoms with Crippen LogP contribution in [-0.4, -0.2) is 35.6 Å². The average Bonchev–Trinajstić information content (AvgIpc) is 2.42. The lowest BCUT2D eigenvalue weighted by Crippen LogP contribution is -2.24. The van der Waals surface area contributed by atoms with Gasteiger partial charge in [-0.05, 0) is 72.0 Å². The summed E-state index contributed by atoms with van der Waals surface area (Å²) in [6, 6.07) is 0. The van der Waals surface area contributed by atoms with E-state index in [1.807, 2.05) is 0 Å². The van der Waals surface area contributed by atoms with Crippen LogP contribution in [0.4, 0.5) is 0 Å². The molecular weight excluding hydrogens is 274 g/mol. The molecule has 3 nitrogen and oxygen atoms in total. The number of hydrogen-bond donors (Lipinski definition) is 1. The van der Waals surface area contributed by atoms with Crippen LogP contribution < -0.4 is 0 Å². The van der Waals surface area contributed by atoms with E-state index in [1.165, 1.54) is 11.1 Å². The van der Waals surface area contributed by atoms with Gasteiger partial charge in [-0.2, -0.15) is 0 Å². The molecule has 22 heavy (non-hydrogen) atoms. The Morgan fingerprint density at radius 3 is 2.32 bits per heavy atom. The van der Waals surface area contributed by atoms with Crippen LogP contribution in [0.25, 0.3) is 0 Å². The van der Waals surface area contributed by atoms with Gasteiger partial charge >= 0.3 is 5.97 Å². The van der Waals surface area contributed by atoms with Crippen molar-refractivity contribution >= 4 is 5.97 Å². The topological polar surface area (TPSA) is 40.5 Å². The van der Waals surface area contributed by atoms with Crippen LogP contribution in [0.15, 0.2) is 23.3 Å². The number of aliphatic carboxylic acids is 1. The molecule has 1 unspecified atom stereocenters. The molecule has 0 saturated carbocycles. The largest absolute Gasteiger partial charge is 0.481 e. The van der Waals surface area contributed by atoms with Gasteiger partial charge in [0.05, 0.1) is 6.42 Å². The zero-order chi connectivity index (χ0) is 17.0. The van der Waals surface area contributed by atoms with Crippen LogP contribution in [0.1, 0.15) is 66.7 Å². The first-order chi connectivity index (χ1) is 10.4. The van der Waals surface area contributed by atoms with E-state index < -0.39 is 5.97 Å². The van der Waals surface area contributed by atoms with Crippen molar-refractivity contribution in [3.05, 3.63) is 23.3 Å². The predicted molar refractivity (Wildman–Crippen MR) is 95.2 cm³/mol. The lowest BCUT2D eigenvalue weighted by Gasteiger charge is -2.19. The number of rotatable bonds is 12. The van der Waals surface area contributed by atoms with Gasteiger partial charge in [-0.25, -0.2) is 0 Å². The van der Waals surface area contributed by atoms with E-state index in [9.17, 15) is 4.79 Å². The van der Waals surface area contributed by atoms with Crippen LogP contribution in [-0.2, 0) is 4.79 Å². The van der Waals surface area contributed by atoms with Crippen molar-refractivity contribution in [1.29, 1.82) is 0 Å². The Labute approximate surface area is 137 Å². The maximum Gasteiger partial charge on any atom is 0.303 e. The Morgan fingerprint density at radius 1 is 1.18 bits per heavy atom. The van der Waals surface area contributed by atoms with E-state index >= 15 is 0 Å². The van der Waals surface area contributed by atoms with Crippen molar-refractivity contribution in [1.82, 2.24) is 4.90 Å². The lowest BCUT2D eigenvalue weighted by atomic mass is 9.95. The molecule has 0 aliphatic rings. The van der Waals surface area contributed by atoms with Crippen LogP contribution in [0.3, 0.4) is 0 Å². The van der Waals surface area contributed by atoms with Gasteiger partial charge in [0.15, 0.2) is 0 Å². The molecule has 0 aliphatic carbocycles. The highest BCUT2D eigenvalue weighted by Crippen LogP contribution is 2.18. The monoisotopic (exact) mass is 309 g/mol. The van der Waals surface area contributed by atoms with Crippen LogP contribution in [0.2, 0.25) is 0 Å². The van der Waals surface area contributed by atoms with Gasteiger partial charge in [0.25, 0.3) is 0 Å². The van der Waals surface area contributed by atoms with E-state index in [-0.39, 0.29) is 12.3 Å². The molecule has 0 bridgehead atoms. The molecule has 3 heteroatoms. The molecule has 1 atom stereocenters. The van der Waals surface area contributed by atoms with Crippen molar-refractivity contribution in [2.75, 3.05) is 19.6 Å². The van der Waals surface area contributed by atoms with E-state index in [2.05, 4.69) is 51.7 Å². The number of allylic oxidation sites excluding steroid dienone is 4. The standard InChI is InChI=1S/C19H35NO2/c1-6-20(7-2)13-9-12-18(15-19(21)22)14-17(5)11-8-10-16(3)4/h10,14,18H,6-9,11-13,15H2,1-5H3,(H,21,22). The fourth-order valence-corrected chi connectivity index (χ4v) is 2.66. The highest BCUT2D eigenvalue weighted by atomic mass is 16.4. The summed E-state index contributed by atoms with van der Waals surface area (Å²) in [5, 5.41) is 9.10. The molecule has 0 aromatic carbocycles. The fourth-order valence-electron chi connectivity index (χ4n) is 2.66. The Balaban J connectivity index is 4.43. The van der Waals surface area contributed by atoms with E-state index in [0.717, 1.165) is 45.3 Å². The minimum Gasteiger partial charge on any atom is -0.481 e. The van der Waals surface area contributed by atoms with E-state index in [0.29, 0.717) is 0 Å².